The molecule has 1 saturated heterocycles. The van der Waals surface area contributed by atoms with Crippen molar-refractivity contribution in [3.05, 3.63) is 12.4 Å². The van der Waals surface area contributed by atoms with Crippen LogP contribution in [-0.4, -0.2) is 45.7 Å². The maximum atomic E-state index is 13.6. The van der Waals surface area contributed by atoms with Crippen molar-refractivity contribution < 1.29 is 8.78 Å². The quantitative estimate of drug-likeness (QED) is 0.774. The maximum absolute atomic E-state index is 13.6. The van der Waals surface area contributed by atoms with Crippen LogP contribution in [0.1, 0.15) is 6.42 Å². The van der Waals surface area contributed by atoms with E-state index >= 15 is 0 Å². The SMILES string of the molecule is FC1(F)CNCC[C@@H]1CNc1ncc2cn[nH]c2n1. The molecule has 0 aliphatic carbocycles. The number of nitrogens with zero attached hydrogens (tertiary/aromatic N) is 3. The second-order valence-corrected chi connectivity index (χ2v) is 4.67. The number of rotatable bonds is 3. The topological polar surface area (TPSA) is 78.5 Å². The Morgan fingerprint density at radius 1 is 1.42 bits per heavy atom. The van der Waals surface area contributed by atoms with Gasteiger partial charge >= 0.3 is 0 Å². The lowest BCUT2D eigenvalue weighted by molar-refractivity contribution is -0.0678. The van der Waals surface area contributed by atoms with Crippen LogP contribution in [0, 0.1) is 5.92 Å². The highest BCUT2D eigenvalue weighted by Gasteiger charge is 2.41. The van der Waals surface area contributed by atoms with Crippen molar-refractivity contribution in [2.75, 3.05) is 25.0 Å². The van der Waals surface area contributed by atoms with Crippen LogP contribution in [0.4, 0.5) is 14.7 Å². The summed E-state index contributed by atoms with van der Waals surface area (Å²) in [5.74, 6) is -3.05. The lowest BCUT2D eigenvalue weighted by Gasteiger charge is -2.31. The molecule has 3 heterocycles. The van der Waals surface area contributed by atoms with Crippen LogP contribution in [-0.2, 0) is 0 Å². The minimum absolute atomic E-state index is 0.161. The highest BCUT2D eigenvalue weighted by molar-refractivity contribution is 5.73. The highest BCUT2D eigenvalue weighted by atomic mass is 19.3. The molecule has 3 rings (SSSR count). The Labute approximate surface area is 108 Å². The molecule has 3 N–H and O–H groups in total. The van der Waals surface area contributed by atoms with Crippen LogP contribution in [0.3, 0.4) is 0 Å². The van der Waals surface area contributed by atoms with Gasteiger partial charge in [0.25, 0.3) is 5.92 Å². The Kier molecular flexibility index (Phi) is 3.02. The summed E-state index contributed by atoms with van der Waals surface area (Å²) < 4.78 is 27.2. The molecule has 0 spiro atoms. The molecule has 0 amide bonds. The minimum atomic E-state index is -2.69. The molecule has 2 aromatic heterocycles. The average Bonchev–Trinajstić information content (AvgIpc) is 2.84. The van der Waals surface area contributed by atoms with Crippen LogP contribution < -0.4 is 10.6 Å². The van der Waals surface area contributed by atoms with E-state index in [0.717, 1.165) is 5.39 Å². The average molecular weight is 268 g/mol. The predicted octanol–water partition coefficient (Wildman–Crippen LogP) is 1.01. The summed E-state index contributed by atoms with van der Waals surface area (Å²) in [6.07, 6.45) is 3.65. The Balaban J connectivity index is 1.67. The van der Waals surface area contributed by atoms with Gasteiger partial charge in [0.15, 0.2) is 5.65 Å². The van der Waals surface area contributed by atoms with Gasteiger partial charge in [-0.1, -0.05) is 0 Å². The molecule has 6 nitrogen and oxygen atoms in total. The molecule has 8 heteroatoms. The number of anilines is 1. The summed E-state index contributed by atoms with van der Waals surface area (Å²) >= 11 is 0. The van der Waals surface area contributed by atoms with Crippen LogP contribution in [0.2, 0.25) is 0 Å². The van der Waals surface area contributed by atoms with Gasteiger partial charge in [0.05, 0.1) is 18.1 Å². The number of nitrogens with one attached hydrogen (secondary N) is 3. The molecule has 19 heavy (non-hydrogen) atoms. The number of H-pyrrole nitrogens is 1. The van der Waals surface area contributed by atoms with Gasteiger partial charge in [-0.2, -0.15) is 10.1 Å². The number of halogens is 2. The standard InChI is InChI=1S/C11H14F2N6/c12-11(13)6-14-2-1-8(11)5-16-10-15-3-7-4-17-19-9(7)18-10/h3-4,8,14H,1-2,5-6H2,(H2,15,16,17,18,19)/t8-/m1/s1. The normalized spacial score (nSPS) is 22.5. The van der Waals surface area contributed by atoms with E-state index in [9.17, 15) is 8.78 Å². The van der Waals surface area contributed by atoms with Crippen molar-refractivity contribution in [2.45, 2.75) is 12.3 Å². The smallest absolute Gasteiger partial charge is 0.264 e. The van der Waals surface area contributed by atoms with Gasteiger partial charge in [-0.25, -0.2) is 13.8 Å². The molecule has 1 aliphatic rings. The van der Waals surface area contributed by atoms with Gasteiger partial charge in [0.1, 0.15) is 0 Å². The van der Waals surface area contributed by atoms with Gasteiger partial charge in [-0.15, -0.1) is 0 Å². The molecule has 0 saturated carbocycles. The summed E-state index contributed by atoms with van der Waals surface area (Å²) in [6.45, 7) is 0.510. The van der Waals surface area contributed by atoms with Crippen LogP contribution in [0.25, 0.3) is 11.0 Å². The molecule has 2 aromatic rings. The van der Waals surface area contributed by atoms with Crippen molar-refractivity contribution in [3.8, 4) is 0 Å². The van der Waals surface area contributed by atoms with Gasteiger partial charge in [0.2, 0.25) is 5.95 Å². The van der Waals surface area contributed by atoms with E-state index in [4.69, 9.17) is 0 Å². The van der Waals surface area contributed by atoms with Crippen LogP contribution in [0.15, 0.2) is 12.4 Å². The zero-order valence-electron chi connectivity index (χ0n) is 10.2. The number of hydrogen-bond acceptors (Lipinski definition) is 5. The first kappa shape index (κ1) is 12.2. The van der Waals surface area contributed by atoms with Crippen molar-refractivity contribution in [2.24, 2.45) is 5.92 Å². The second kappa shape index (κ2) is 4.69. The first-order valence-electron chi connectivity index (χ1n) is 6.14. The van der Waals surface area contributed by atoms with E-state index in [0.29, 0.717) is 24.6 Å². The number of aromatic amines is 1. The summed E-state index contributed by atoms with van der Waals surface area (Å²) in [7, 11) is 0. The van der Waals surface area contributed by atoms with Crippen molar-refractivity contribution >= 4 is 17.0 Å². The Hall–Kier alpha value is -1.83. The number of hydrogen-bond donors (Lipinski definition) is 3. The molecular weight excluding hydrogens is 254 g/mol. The largest absolute Gasteiger partial charge is 0.354 e. The predicted molar refractivity (Wildman–Crippen MR) is 66.1 cm³/mol. The lowest BCUT2D eigenvalue weighted by Crippen LogP contribution is -2.48. The van der Waals surface area contributed by atoms with Gasteiger partial charge in [0, 0.05) is 18.7 Å². The Morgan fingerprint density at radius 3 is 3.16 bits per heavy atom. The minimum Gasteiger partial charge on any atom is -0.354 e. The van der Waals surface area contributed by atoms with E-state index < -0.39 is 11.8 Å². The fourth-order valence-corrected chi connectivity index (χ4v) is 2.18. The third-order valence-corrected chi connectivity index (χ3v) is 3.33. The van der Waals surface area contributed by atoms with Crippen LogP contribution in [0.5, 0.6) is 0 Å². The van der Waals surface area contributed by atoms with E-state index in [-0.39, 0.29) is 13.1 Å². The van der Waals surface area contributed by atoms with E-state index in [1.165, 1.54) is 0 Å². The summed E-state index contributed by atoms with van der Waals surface area (Å²) in [5.41, 5.74) is 0.592. The number of aromatic nitrogens is 4. The summed E-state index contributed by atoms with van der Waals surface area (Å²) in [4.78, 5) is 8.24. The van der Waals surface area contributed by atoms with E-state index in [1.807, 2.05) is 0 Å². The van der Waals surface area contributed by atoms with Crippen LogP contribution >= 0.6 is 0 Å². The molecule has 0 aromatic carbocycles. The fraction of sp³-hybridized carbons (Fsp3) is 0.545. The van der Waals surface area contributed by atoms with Gasteiger partial charge in [-0.3, -0.25) is 5.10 Å². The number of piperidine rings is 1. The van der Waals surface area contributed by atoms with Gasteiger partial charge < -0.3 is 10.6 Å². The first-order chi connectivity index (χ1) is 9.15. The monoisotopic (exact) mass is 268 g/mol. The van der Waals surface area contributed by atoms with Gasteiger partial charge in [-0.05, 0) is 13.0 Å². The molecule has 0 unspecified atom stereocenters. The summed E-state index contributed by atoms with van der Waals surface area (Å²) in [6, 6.07) is 0. The molecule has 0 bridgehead atoms. The summed E-state index contributed by atoms with van der Waals surface area (Å²) in [5, 5.41) is 12.9. The lowest BCUT2D eigenvalue weighted by atomic mass is 9.94. The number of alkyl halides is 2. The molecule has 1 aliphatic heterocycles. The maximum Gasteiger partial charge on any atom is 0.264 e. The van der Waals surface area contributed by atoms with E-state index in [2.05, 4.69) is 30.8 Å². The highest BCUT2D eigenvalue weighted by Crippen LogP contribution is 2.29. The first-order valence-corrected chi connectivity index (χ1v) is 6.14. The van der Waals surface area contributed by atoms with E-state index in [1.54, 1.807) is 12.4 Å². The van der Waals surface area contributed by atoms with Crippen molar-refractivity contribution in [1.82, 2.24) is 25.5 Å². The van der Waals surface area contributed by atoms with Crippen molar-refractivity contribution in [3.63, 3.8) is 0 Å². The number of fused-ring (bicyclic) bond motifs is 1. The molecule has 0 radical (unpaired) electrons. The molecule has 1 fully saturated rings. The fourth-order valence-electron chi connectivity index (χ4n) is 2.18. The Morgan fingerprint density at radius 2 is 2.32 bits per heavy atom. The molecular formula is C11H14F2N6. The zero-order valence-corrected chi connectivity index (χ0v) is 10.2. The van der Waals surface area contributed by atoms with Crippen molar-refractivity contribution in [1.29, 1.82) is 0 Å². The molecule has 1 atom stereocenters. The third kappa shape index (κ3) is 2.48. The molecule has 102 valence electrons. The Bertz CT molecular complexity index is 569. The second-order valence-electron chi connectivity index (χ2n) is 4.67. The third-order valence-electron chi connectivity index (χ3n) is 3.33. The zero-order chi connectivity index (χ0) is 13.3.